The van der Waals surface area contributed by atoms with Crippen LogP contribution in [0.3, 0.4) is 0 Å². The minimum absolute atomic E-state index is 0.100. The highest BCUT2D eigenvalue weighted by Crippen LogP contribution is 2.23. The van der Waals surface area contributed by atoms with E-state index in [1.165, 1.54) is 25.2 Å². The van der Waals surface area contributed by atoms with Crippen LogP contribution in [0.4, 0.5) is 10.5 Å². The van der Waals surface area contributed by atoms with Gasteiger partial charge in [-0.15, -0.1) is 0 Å². The maximum Gasteiger partial charge on any atom is 0.335 e. The number of hydrogen-bond acceptors (Lipinski definition) is 3. The number of amides is 3. The minimum Gasteiger partial charge on any atom is -0.478 e. The van der Waals surface area contributed by atoms with E-state index < -0.39 is 12.0 Å². The molecule has 19 heavy (non-hydrogen) atoms. The second-order valence-corrected chi connectivity index (χ2v) is 4.33. The highest BCUT2D eigenvalue weighted by Gasteiger charge is 2.09. The van der Waals surface area contributed by atoms with Crippen LogP contribution in [0.5, 0.6) is 0 Å². The number of halogens is 1. The van der Waals surface area contributed by atoms with Crippen molar-refractivity contribution < 1.29 is 19.5 Å². The van der Waals surface area contributed by atoms with E-state index in [-0.39, 0.29) is 18.0 Å². The molecular formula is C11H12BrN3O4. The van der Waals surface area contributed by atoms with E-state index in [1.807, 2.05) is 0 Å². The predicted octanol–water partition coefficient (Wildman–Crippen LogP) is 1.01. The van der Waals surface area contributed by atoms with E-state index in [9.17, 15) is 14.4 Å². The quantitative estimate of drug-likeness (QED) is 0.661. The van der Waals surface area contributed by atoms with Crippen LogP contribution < -0.4 is 16.0 Å². The number of benzene rings is 1. The number of nitrogens with one attached hydrogen (secondary N) is 3. The molecule has 1 aromatic carbocycles. The minimum atomic E-state index is -1.06. The van der Waals surface area contributed by atoms with Gasteiger partial charge in [0.05, 0.1) is 17.8 Å². The Morgan fingerprint density at radius 3 is 2.53 bits per heavy atom. The number of aromatic carboxylic acids is 1. The summed E-state index contributed by atoms with van der Waals surface area (Å²) in [5.41, 5.74) is 0.502. The Balaban J connectivity index is 2.64. The molecule has 0 heterocycles. The zero-order chi connectivity index (χ0) is 14.4. The molecule has 0 spiro atoms. The highest BCUT2D eigenvalue weighted by molar-refractivity contribution is 9.10. The third kappa shape index (κ3) is 4.59. The number of carbonyl (C=O) groups excluding carboxylic acids is 2. The van der Waals surface area contributed by atoms with Crippen molar-refractivity contribution in [3.63, 3.8) is 0 Å². The number of carboxylic acids is 1. The van der Waals surface area contributed by atoms with Crippen molar-refractivity contribution in [2.75, 3.05) is 18.9 Å². The average Bonchev–Trinajstić information content (AvgIpc) is 2.38. The van der Waals surface area contributed by atoms with Crippen molar-refractivity contribution >= 4 is 39.5 Å². The van der Waals surface area contributed by atoms with E-state index in [4.69, 9.17) is 5.11 Å². The summed E-state index contributed by atoms with van der Waals surface area (Å²) in [7, 11) is 1.46. The molecule has 102 valence electrons. The van der Waals surface area contributed by atoms with E-state index in [1.54, 1.807) is 0 Å². The maximum atomic E-state index is 11.5. The van der Waals surface area contributed by atoms with Gasteiger partial charge in [0.15, 0.2) is 0 Å². The number of hydrogen-bond donors (Lipinski definition) is 4. The van der Waals surface area contributed by atoms with Gasteiger partial charge in [-0.25, -0.2) is 9.59 Å². The number of anilines is 1. The molecule has 0 aliphatic heterocycles. The van der Waals surface area contributed by atoms with Gasteiger partial charge >= 0.3 is 12.0 Å². The molecule has 0 saturated heterocycles. The second-order valence-electron chi connectivity index (χ2n) is 3.48. The Morgan fingerprint density at radius 2 is 2.00 bits per heavy atom. The Kier molecular flexibility index (Phi) is 5.31. The van der Waals surface area contributed by atoms with Gasteiger partial charge in [0, 0.05) is 11.5 Å². The van der Waals surface area contributed by atoms with Crippen molar-refractivity contribution in [1.29, 1.82) is 0 Å². The number of rotatable bonds is 4. The summed E-state index contributed by atoms with van der Waals surface area (Å²) in [6.45, 7) is -0.146. The molecule has 4 N–H and O–H groups in total. The SMILES string of the molecule is CNC(=O)CNC(=O)Nc1ccc(C(=O)O)cc1Br. The number of likely N-dealkylation sites (N-methyl/N-ethyl adjacent to an activating group) is 1. The number of urea groups is 1. The lowest BCUT2D eigenvalue weighted by Crippen LogP contribution is -2.37. The molecule has 0 aliphatic rings. The lowest BCUT2D eigenvalue weighted by atomic mass is 10.2. The van der Waals surface area contributed by atoms with Crippen LogP contribution in [0, 0.1) is 0 Å². The summed E-state index contributed by atoms with van der Waals surface area (Å²) in [5.74, 6) is -1.38. The molecule has 1 aromatic rings. The largest absolute Gasteiger partial charge is 0.478 e. The Bertz CT molecular complexity index is 519. The van der Waals surface area contributed by atoms with Crippen LogP contribution in [0.25, 0.3) is 0 Å². The van der Waals surface area contributed by atoms with Gasteiger partial charge in [-0.3, -0.25) is 4.79 Å². The summed E-state index contributed by atoms with van der Waals surface area (Å²) in [5, 5.41) is 16.0. The zero-order valence-corrected chi connectivity index (χ0v) is 11.6. The monoisotopic (exact) mass is 329 g/mol. The topological polar surface area (TPSA) is 108 Å². The van der Waals surface area contributed by atoms with Gasteiger partial charge in [-0.1, -0.05) is 0 Å². The normalized spacial score (nSPS) is 9.58. The van der Waals surface area contributed by atoms with Gasteiger partial charge in [-0.2, -0.15) is 0 Å². The summed E-state index contributed by atoms with van der Waals surface area (Å²) < 4.78 is 0.433. The molecule has 0 saturated carbocycles. The van der Waals surface area contributed by atoms with Gasteiger partial charge < -0.3 is 21.1 Å². The molecule has 3 amide bonds. The van der Waals surface area contributed by atoms with Gasteiger partial charge in [-0.05, 0) is 34.1 Å². The van der Waals surface area contributed by atoms with Gasteiger partial charge in [0.1, 0.15) is 0 Å². The second kappa shape index (κ2) is 6.74. The molecule has 1 rings (SSSR count). The Morgan fingerprint density at radius 1 is 1.32 bits per heavy atom. The van der Waals surface area contributed by atoms with Crippen molar-refractivity contribution in [1.82, 2.24) is 10.6 Å². The third-order valence-electron chi connectivity index (χ3n) is 2.15. The Labute approximate surface area is 117 Å². The smallest absolute Gasteiger partial charge is 0.335 e. The summed E-state index contributed by atoms with van der Waals surface area (Å²) in [6.07, 6.45) is 0. The van der Waals surface area contributed by atoms with Crippen molar-refractivity contribution in [3.05, 3.63) is 28.2 Å². The molecule has 0 radical (unpaired) electrons. The summed E-state index contributed by atoms with van der Waals surface area (Å²) >= 11 is 3.15. The predicted molar refractivity (Wildman–Crippen MR) is 72.2 cm³/mol. The number of carboxylic acid groups (broad SMARTS) is 1. The lowest BCUT2D eigenvalue weighted by molar-refractivity contribution is -0.119. The van der Waals surface area contributed by atoms with Crippen LogP contribution in [0.15, 0.2) is 22.7 Å². The fourth-order valence-electron chi connectivity index (χ4n) is 1.16. The first kappa shape index (κ1) is 15.0. The van der Waals surface area contributed by atoms with Crippen molar-refractivity contribution in [2.24, 2.45) is 0 Å². The first-order valence-electron chi connectivity index (χ1n) is 5.22. The first-order valence-corrected chi connectivity index (χ1v) is 6.01. The zero-order valence-electron chi connectivity index (χ0n) is 9.99. The van der Waals surface area contributed by atoms with E-state index in [2.05, 4.69) is 31.9 Å². The molecule has 0 fully saturated rings. The molecule has 0 atom stereocenters. The van der Waals surface area contributed by atoms with Crippen molar-refractivity contribution in [2.45, 2.75) is 0 Å². The van der Waals surface area contributed by atoms with Crippen LogP contribution in [0.1, 0.15) is 10.4 Å². The molecule has 8 heteroatoms. The van der Waals surface area contributed by atoms with Gasteiger partial charge in [0.2, 0.25) is 5.91 Å². The van der Waals surface area contributed by atoms with E-state index in [0.717, 1.165) is 0 Å². The molecule has 0 bridgehead atoms. The van der Waals surface area contributed by atoms with Crippen LogP contribution in [0.2, 0.25) is 0 Å². The fraction of sp³-hybridized carbons (Fsp3) is 0.182. The Hall–Kier alpha value is -2.09. The summed E-state index contributed by atoms with van der Waals surface area (Å²) in [6, 6.07) is 3.62. The first-order chi connectivity index (χ1) is 8.93. The van der Waals surface area contributed by atoms with E-state index >= 15 is 0 Å². The molecule has 0 unspecified atom stereocenters. The maximum absolute atomic E-state index is 11.5. The summed E-state index contributed by atoms with van der Waals surface area (Å²) in [4.78, 5) is 33.1. The van der Waals surface area contributed by atoms with Crippen molar-refractivity contribution in [3.8, 4) is 0 Å². The van der Waals surface area contributed by atoms with Crippen LogP contribution in [-0.2, 0) is 4.79 Å². The van der Waals surface area contributed by atoms with E-state index in [0.29, 0.717) is 10.2 Å². The molecule has 0 aromatic heterocycles. The third-order valence-corrected chi connectivity index (χ3v) is 2.81. The molecule has 0 aliphatic carbocycles. The highest BCUT2D eigenvalue weighted by atomic mass is 79.9. The number of carbonyl (C=O) groups is 3. The standard InChI is InChI=1S/C11H12BrN3O4/c1-13-9(16)5-14-11(19)15-8-3-2-6(10(17)18)4-7(8)12/h2-4H,5H2,1H3,(H,13,16)(H,17,18)(H2,14,15,19). The van der Waals surface area contributed by atoms with Gasteiger partial charge in [0.25, 0.3) is 0 Å². The lowest BCUT2D eigenvalue weighted by Gasteiger charge is -2.09. The van der Waals surface area contributed by atoms with Crippen LogP contribution in [-0.4, -0.2) is 36.6 Å². The molecular weight excluding hydrogens is 318 g/mol. The molecule has 7 nitrogen and oxygen atoms in total. The average molecular weight is 330 g/mol. The fourth-order valence-corrected chi connectivity index (χ4v) is 1.64. The van der Waals surface area contributed by atoms with Crippen LogP contribution >= 0.6 is 15.9 Å².